The van der Waals surface area contributed by atoms with E-state index >= 15 is 0 Å². The second kappa shape index (κ2) is 8.69. The Balaban J connectivity index is 1.33. The largest absolute Gasteiger partial charge is 0.492 e. The first kappa shape index (κ1) is 20.6. The van der Waals surface area contributed by atoms with Crippen molar-refractivity contribution >= 4 is 10.9 Å². The van der Waals surface area contributed by atoms with Crippen LogP contribution in [-0.4, -0.2) is 34.7 Å². The van der Waals surface area contributed by atoms with Crippen molar-refractivity contribution in [2.45, 2.75) is 25.6 Å². The number of ether oxygens (including phenoxy) is 2. The van der Waals surface area contributed by atoms with Crippen LogP contribution < -0.4 is 9.47 Å². The number of fused-ring (bicyclic) bond motifs is 2. The summed E-state index contributed by atoms with van der Waals surface area (Å²) in [5.74, 6) is 1.63. The zero-order chi connectivity index (χ0) is 22.0. The fourth-order valence-corrected chi connectivity index (χ4v) is 4.25. The molecule has 32 heavy (non-hydrogen) atoms. The highest BCUT2D eigenvalue weighted by atomic mass is 16.5. The van der Waals surface area contributed by atoms with Gasteiger partial charge < -0.3 is 19.6 Å². The molecule has 2 N–H and O–H groups in total. The minimum absolute atomic E-state index is 0.176. The quantitative estimate of drug-likeness (QED) is 0.461. The van der Waals surface area contributed by atoms with E-state index in [1.165, 1.54) is 10.9 Å². The topological polar surface area (TPSA) is 57.7 Å². The Morgan fingerprint density at radius 1 is 1.06 bits per heavy atom. The van der Waals surface area contributed by atoms with Gasteiger partial charge in [0.1, 0.15) is 30.3 Å². The van der Waals surface area contributed by atoms with E-state index in [9.17, 15) is 5.11 Å². The zero-order valence-corrected chi connectivity index (χ0v) is 18.3. The number of nitrogens with one attached hydrogen (secondary N) is 1. The molecule has 0 spiro atoms. The molecule has 5 heteroatoms. The molecule has 5 rings (SSSR count). The Hall–Kier alpha value is -3.28. The lowest BCUT2D eigenvalue weighted by atomic mass is 9.94. The average molecular weight is 429 g/mol. The van der Waals surface area contributed by atoms with Crippen LogP contribution in [-0.2, 0) is 18.7 Å². The number of rotatable bonds is 6. The highest BCUT2D eigenvalue weighted by Gasteiger charge is 2.27. The predicted molar refractivity (Wildman–Crippen MR) is 126 cm³/mol. The summed E-state index contributed by atoms with van der Waals surface area (Å²) >= 11 is 0. The maximum atomic E-state index is 11.1. The van der Waals surface area contributed by atoms with Gasteiger partial charge in [-0.1, -0.05) is 42.5 Å². The minimum atomic E-state index is -1.11. The predicted octanol–water partition coefficient (Wildman–Crippen LogP) is 4.85. The molecule has 0 amide bonds. The molecule has 1 aliphatic rings. The number of aromatic amines is 1. The summed E-state index contributed by atoms with van der Waals surface area (Å²) < 4.78 is 11.9. The Morgan fingerprint density at radius 2 is 1.88 bits per heavy atom. The van der Waals surface area contributed by atoms with Gasteiger partial charge in [-0.3, -0.25) is 4.90 Å². The van der Waals surface area contributed by atoms with Crippen molar-refractivity contribution < 1.29 is 14.6 Å². The number of aliphatic hydroxyl groups is 1. The van der Waals surface area contributed by atoms with E-state index in [0.29, 0.717) is 6.61 Å². The fraction of sp³-hybridized carbons (Fsp3) is 0.259. The second-order valence-corrected chi connectivity index (χ2v) is 8.62. The standard InChI is InChI=1S/C27H28N2O3/c1-27(30,19-32-23-7-3-2-4-8-23)22-11-12-26-20(15-22)17-29(13-14-31-26)18-21-16-28-25-10-6-5-9-24(21)25/h2-12,15-16,28,30H,13-14,17-19H2,1H3. The van der Waals surface area contributed by atoms with E-state index in [0.717, 1.165) is 47.8 Å². The monoisotopic (exact) mass is 428 g/mol. The van der Waals surface area contributed by atoms with Crippen molar-refractivity contribution in [3.63, 3.8) is 0 Å². The molecule has 1 atom stereocenters. The van der Waals surface area contributed by atoms with Crippen LogP contribution in [0.1, 0.15) is 23.6 Å². The van der Waals surface area contributed by atoms with Gasteiger partial charge in [-0.05, 0) is 48.4 Å². The normalized spacial score (nSPS) is 16.1. The van der Waals surface area contributed by atoms with E-state index in [1.54, 1.807) is 6.92 Å². The van der Waals surface area contributed by atoms with Crippen molar-refractivity contribution in [1.82, 2.24) is 9.88 Å². The van der Waals surface area contributed by atoms with Gasteiger partial charge in [0, 0.05) is 42.3 Å². The first-order chi connectivity index (χ1) is 15.6. The highest BCUT2D eigenvalue weighted by Crippen LogP contribution is 2.31. The Kier molecular flexibility index (Phi) is 5.60. The van der Waals surface area contributed by atoms with E-state index < -0.39 is 5.60 Å². The molecule has 2 heterocycles. The van der Waals surface area contributed by atoms with Crippen molar-refractivity contribution in [1.29, 1.82) is 0 Å². The Bertz CT molecular complexity index is 1200. The molecule has 0 saturated carbocycles. The number of nitrogens with zero attached hydrogens (tertiary/aromatic N) is 1. The molecular formula is C27H28N2O3. The summed E-state index contributed by atoms with van der Waals surface area (Å²) in [4.78, 5) is 5.75. The van der Waals surface area contributed by atoms with Gasteiger partial charge in [0.05, 0.1) is 0 Å². The van der Waals surface area contributed by atoms with Crippen molar-refractivity contribution in [3.05, 3.63) is 95.7 Å². The smallest absolute Gasteiger partial charge is 0.123 e. The van der Waals surface area contributed by atoms with Gasteiger partial charge in [0.15, 0.2) is 0 Å². The Morgan fingerprint density at radius 3 is 2.75 bits per heavy atom. The molecule has 0 aliphatic carbocycles. The third-order valence-corrected chi connectivity index (χ3v) is 6.07. The summed E-state index contributed by atoms with van der Waals surface area (Å²) in [6, 6.07) is 23.9. The lowest BCUT2D eigenvalue weighted by Crippen LogP contribution is -2.30. The zero-order valence-electron chi connectivity index (χ0n) is 18.3. The summed E-state index contributed by atoms with van der Waals surface area (Å²) in [7, 11) is 0. The lowest BCUT2D eigenvalue weighted by molar-refractivity contribution is 0.00748. The molecule has 5 nitrogen and oxygen atoms in total. The molecule has 0 saturated heterocycles. The molecule has 3 aromatic carbocycles. The summed E-state index contributed by atoms with van der Waals surface area (Å²) in [6.45, 7) is 5.05. The molecule has 1 unspecified atom stereocenters. The van der Waals surface area contributed by atoms with Crippen LogP contribution >= 0.6 is 0 Å². The van der Waals surface area contributed by atoms with Gasteiger partial charge in [-0.15, -0.1) is 0 Å². The first-order valence-corrected chi connectivity index (χ1v) is 11.0. The van der Waals surface area contributed by atoms with Gasteiger partial charge in [-0.25, -0.2) is 0 Å². The van der Waals surface area contributed by atoms with E-state index in [1.807, 2.05) is 48.5 Å². The van der Waals surface area contributed by atoms with Crippen LogP contribution in [0.3, 0.4) is 0 Å². The van der Waals surface area contributed by atoms with Crippen LogP contribution in [0.15, 0.2) is 79.0 Å². The molecule has 4 aromatic rings. The van der Waals surface area contributed by atoms with Gasteiger partial charge in [0.25, 0.3) is 0 Å². The number of para-hydroxylation sites is 2. The number of aromatic nitrogens is 1. The van der Waals surface area contributed by atoms with Gasteiger partial charge >= 0.3 is 0 Å². The SMILES string of the molecule is CC(O)(COc1ccccc1)c1ccc2c(c1)CN(Cc1c[nH]c3ccccc13)CCO2. The van der Waals surface area contributed by atoms with E-state index in [-0.39, 0.29) is 6.61 Å². The summed E-state index contributed by atoms with van der Waals surface area (Å²) in [6.07, 6.45) is 2.10. The van der Waals surface area contributed by atoms with Crippen LogP contribution in [0, 0.1) is 0 Å². The third kappa shape index (κ3) is 4.35. The minimum Gasteiger partial charge on any atom is -0.492 e. The lowest BCUT2D eigenvalue weighted by Gasteiger charge is -2.25. The summed E-state index contributed by atoms with van der Waals surface area (Å²) in [5, 5.41) is 12.4. The van der Waals surface area contributed by atoms with E-state index in [2.05, 4.69) is 40.3 Å². The van der Waals surface area contributed by atoms with Gasteiger partial charge in [0.2, 0.25) is 0 Å². The van der Waals surface area contributed by atoms with Crippen molar-refractivity contribution in [3.8, 4) is 11.5 Å². The second-order valence-electron chi connectivity index (χ2n) is 8.62. The maximum Gasteiger partial charge on any atom is 0.123 e. The molecule has 164 valence electrons. The first-order valence-electron chi connectivity index (χ1n) is 11.0. The third-order valence-electron chi connectivity index (χ3n) is 6.07. The number of hydrogen-bond donors (Lipinski definition) is 2. The number of H-pyrrole nitrogens is 1. The van der Waals surface area contributed by atoms with Gasteiger partial charge in [-0.2, -0.15) is 0 Å². The van der Waals surface area contributed by atoms with Crippen LogP contribution in [0.5, 0.6) is 11.5 Å². The summed E-state index contributed by atoms with van der Waals surface area (Å²) in [5.41, 5.74) is 3.23. The average Bonchev–Trinajstić information content (AvgIpc) is 3.10. The number of benzene rings is 3. The Labute approximate surface area is 188 Å². The molecular weight excluding hydrogens is 400 g/mol. The molecule has 1 aliphatic heterocycles. The molecule has 1 aromatic heterocycles. The van der Waals surface area contributed by atoms with Crippen molar-refractivity contribution in [2.24, 2.45) is 0 Å². The molecule has 0 radical (unpaired) electrons. The van der Waals surface area contributed by atoms with Crippen LogP contribution in [0.25, 0.3) is 10.9 Å². The van der Waals surface area contributed by atoms with Crippen molar-refractivity contribution in [2.75, 3.05) is 19.8 Å². The number of hydrogen-bond acceptors (Lipinski definition) is 4. The maximum absolute atomic E-state index is 11.1. The highest BCUT2D eigenvalue weighted by molar-refractivity contribution is 5.82. The van der Waals surface area contributed by atoms with E-state index in [4.69, 9.17) is 9.47 Å². The van der Waals surface area contributed by atoms with Crippen LogP contribution in [0.2, 0.25) is 0 Å². The van der Waals surface area contributed by atoms with Crippen LogP contribution in [0.4, 0.5) is 0 Å². The molecule has 0 fully saturated rings. The molecule has 0 bridgehead atoms. The fourth-order valence-electron chi connectivity index (χ4n) is 4.25.